The van der Waals surface area contributed by atoms with Gasteiger partial charge in [-0.05, 0) is 55.2 Å². The fraction of sp³-hybridized carbons (Fsp3) is 0.588. The van der Waals surface area contributed by atoms with E-state index < -0.39 is 0 Å². The molecule has 0 amide bonds. The molecular formula is C17H24N2OS. The first-order valence-corrected chi connectivity index (χ1v) is 8.46. The minimum atomic E-state index is 0.222. The van der Waals surface area contributed by atoms with Crippen LogP contribution in [0.4, 0.5) is 0 Å². The molecule has 0 saturated heterocycles. The second-order valence-electron chi connectivity index (χ2n) is 6.14. The SMILES string of the molecule is CC(NC(=S)NC1CCCCC1)c1ccc2c(c1)CCO2. The maximum absolute atomic E-state index is 5.56. The summed E-state index contributed by atoms with van der Waals surface area (Å²) in [4.78, 5) is 0. The van der Waals surface area contributed by atoms with Crippen molar-refractivity contribution < 1.29 is 4.74 Å². The Kier molecular flexibility index (Phi) is 4.63. The number of thiocarbonyl (C=S) groups is 1. The lowest BCUT2D eigenvalue weighted by atomic mass is 9.96. The van der Waals surface area contributed by atoms with E-state index in [2.05, 4.69) is 35.8 Å². The van der Waals surface area contributed by atoms with Crippen molar-refractivity contribution in [2.75, 3.05) is 6.61 Å². The molecule has 4 heteroatoms. The largest absolute Gasteiger partial charge is 0.493 e. The van der Waals surface area contributed by atoms with Crippen LogP contribution in [0.25, 0.3) is 0 Å². The summed E-state index contributed by atoms with van der Waals surface area (Å²) in [5, 5.41) is 7.67. The van der Waals surface area contributed by atoms with E-state index in [4.69, 9.17) is 17.0 Å². The van der Waals surface area contributed by atoms with Gasteiger partial charge in [-0.25, -0.2) is 0 Å². The van der Waals surface area contributed by atoms with Crippen LogP contribution in [0.3, 0.4) is 0 Å². The molecule has 1 aliphatic heterocycles. The maximum Gasteiger partial charge on any atom is 0.166 e. The van der Waals surface area contributed by atoms with Crippen molar-refractivity contribution in [2.24, 2.45) is 0 Å². The summed E-state index contributed by atoms with van der Waals surface area (Å²) >= 11 is 5.46. The summed E-state index contributed by atoms with van der Waals surface area (Å²) < 4.78 is 5.56. The molecule has 0 bridgehead atoms. The third kappa shape index (κ3) is 3.67. The number of rotatable bonds is 3. The monoisotopic (exact) mass is 304 g/mol. The van der Waals surface area contributed by atoms with E-state index in [-0.39, 0.29) is 6.04 Å². The molecule has 114 valence electrons. The molecule has 3 nitrogen and oxygen atoms in total. The molecule has 0 spiro atoms. The van der Waals surface area contributed by atoms with Gasteiger partial charge in [-0.2, -0.15) is 0 Å². The zero-order chi connectivity index (χ0) is 14.7. The van der Waals surface area contributed by atoms with Crippen LogP contribution in [0.15, 0.2) is 18.2 Å². The van der Waals surface area contributed by atoms with E-state index >= 15 is 0 Å². The average Bonchev–Trinajstić information content (AvgIpc) is 2.95. The first-order chi connectivity index (χ1) is 10.2. The normalized spacial score (nSPS) is 19.5. The Morgan fingerprint density at radius 1 is 1.29 bits per heavy atom. The molecule has 1 aliphatic carbocycles. The molecule has 2 N–H and O–H groups in total. The van der Waals surface area contributed by atoms with Gasteiger partial charge < -0.3 is 15.4 Å². The van der Waals surface area contributed by atoms with Crippen molar-refractivity contribution >= 4 is 17.3 Å². The molecule has 1 fully saturated rings. The number of fused-ring (bicyclic) bond motifs is 1. The highest BCUT2D eigenvalue weighted by molar-refractivity contribution is 7.80. The van der Waals surface area contributed by atoms with E-state index in [1.165, 1.54) is 43.2 Å². The van der Waals surface area contributed by atoms with Crippen LogP contribution >= 0.6 is 12.2 Å². The van der Waals surface area contributed by atoms with Gasteiger partial charge in [0.15, 0.2) is 5.11 Å². The summed E-state index contributed by atoms with van der Waals surface area (Å²) in [5.74, 6) is 1.04. The summed E-state index contributed by atoms with van der Waals surface area (Å²) in [7, 11) is 0. The minimum absolute atomic E-state index is 0.222. The van der Waals surface area contributed by atoms with E-state index in [1.54, 1.807) is 0 Å². The van der Waals surface area contributed by atoms with Gasteiger partial charge in [-0.3, -0.25) is 0 Å². The molecule has 1 aromatic carbocycles. The number of hydrogen-bond acceptors (Lipinski definition) is 2. The van der Waals surface area contributed by atoms with Gasteiger partial charge in [-0.1, -0.05) is 25.3 Å². The Morgan fingerprint density at radius 2 is 2.10 bits per heavy atom. The highest BCUT2D eigenvalue weighted by atomic mass is 32.1. The highest BCUT2D eigenvalue weighted by Gasteiger charge is 2.17. The van der Waals surface area contributed by atoms with Crippen LogP contribution in [0.5, 0.6) is 5.75 Å². The molecular weight excluding hydrogens is 280 g/mol. The van der Waals surface area contributed by atoms with Crippen molar-refractivity contribution in [3.63, 3.8) is 0 Å². The van der Waals surface area contributed by atoms with Crippen molar-refractivity contribution in [3.05, 3.63) is 29.3 Å². The molecule has 1 unspecified atom stereocenters. The molecule has 0 aromatic heterocycles. The number of ether oxygens (including phenoxy) is 1. The Morgan fingerprint density at radius 3 is 2.90 bits per heavy atom. The fourth-order valence-corrected chi connectivity index (χ4v) is 3.57. The zero-order valence-electron chi connectivity index (χ0n) is 12.7. The molecule has 1 aromatic rings. The van der Waals surface area contributed by atoms with Crippen molar-refractivity contribution in [3.8, 4) is 5.75 Å². The molecule has 1 heterocycles. The van der Waals surface area contributed by atoms with Gasteiger partial charge >= 0.3 is 0 Å². The van der Waals surface area contributed by atoms with E-state index in [1.807, 2.05) is 0 Å². The Bertz CT molecular complexity index is 512. The van der Waals surface area contributed by atoms with Crippen LogP contribution in [0.1, 0.15) is 56.2 Å². The van der Waals surface area contributed by atoms with Crippen LogP contribution < -0.4 is 15.4 Å². The number of nitrogens with one attached hydrogen (secondary N) is 2. The quantitative estimate of drug-likeness (QED) is 0.838. The van der Waals surface area contributed by atoms with E-state index in [0.717, 1.165) is 23.9 Å². The summed E-state index contributed by atoms with van der Waals surface area (Å²) in [6, 6.07) is 7.22. The van der Waals surface area contributed by atoms with Crippen LogP contribution in [-0.2, 0) is 6.42 Å². The number of hydrogen-bond donors (Lipinski definition) is 2. The molecule has 2 aliphatic rings. The van der Waals surface area contributed by atoms with Gasteiger partial charge in [0.05, 0.1) is 12.6 Å². The van der Waals surface area contributed by atoms with Gasteiger partial charge in [-0.15, -0.1) is 0 Å². The van der Waals surface area contributed by atoms with Gasteiger partial charge in [0.1, 0.15) is 5.75 Å². The first-order valence-electron chi connectivity index (χ1n) is 8.05. The molecule has 1 atom stereocenters. The second kappa shape index (κ2) is 6.65. The third-order valence-electron chi connectivity index (χ3n) is 4.50. The summed E-state index contributed by atoms with van der Waals surface area (Å²) in [6.07, 6.45) is 7.51. The lowest BCUT2D eigenvalue weighted by Crippen LogP contribution is -2.43. The fourth-order valence-electron chi connectivity index (χ4n) is 3.23. The first kappa shape index (κ1) is 14.6. The standard InChI is InChI=1S/C17H24N2OS/c1-12(13-7-8-16-14(11-13)9-10-20-16)18-17(21)19-15-5-3-2-4-6-15/h7-8,11-12,15H,2-6,9-10H2,1H3,(H2,18,19,21). The summed E-state index contributed by atoms with van der Waals surface area (Å²) in [6.45, 7) is 2.97. The molecule has 3 rings (SSSR count). The highest BCUT2D eigenvalue weighted by Crippen LogP contribution is 2.28. The van der Waals surface area contributed by atoms with Crippen molar-refractivity contribution in [2.45, 2.75) is 57.5 Å². The molecule has 1 saturated carbocycles. The zero-order valence-corrected chi connectivity index (χ0v) is 13.5. The van der Waals surface area contributed by atoms with Crippen LogP contribution in [0, 0.1) is 0 Å². The topological polar surface area (TPSA) is 33.3 Å². The van der Waals surface area contributed by atoms with Crippen LogP contribution in [-0.4, -0.2) is 17.8 Å². The Hall–Kier alpha value is -1.29. The van der Waals surface area contributed by atoms with Gasteiger partial charge in [0.2, 0.25) is 0 Å². The smallest absolute Gasteiger partial charge is 0.166 e. The van der Waals surface area contributed by atoms with Crippen molar-refractivity contribution in [1.82, 2.24) is 10.6 Å². The molecule has 21 heavy (non-hydrogen) atoms. The van der Waals surface area contributed by atoms with Gasteiger partial charge in [0, 0.05) is 12.5 Å². The third-order valence-corrected chi connectivity index (χ3v) is 4.74. The lowest BCUT2D eigenvalue weighted by molar-refractivity contribution is 0.357. The Labute approximate surface area is 132 Å². The van der Waals surface area contributed by atoms with E-state index in [9.17, 15) is 0 Å². The Balaban J connectivity index is 1.55. The van der Waals surface area contributed by atoms with Gasteiger partial charge in [0.25, 0.3) is 0 Å². The maximum atomic E-state index is 5.56. The predicted octanol–water partition coefficient (Wildman–Crippen LogP) is 3.48. The minimum Gasteiger partial charge on any atom is -0.493 e. The lowest BCUT2D eigenvalue weighted by Gasteiger charge is -2.26. The predicted molar refractivity (Wildman–Crippen MR) is 89.8 cm³/mol. The summed E-state index contributed by atoms with van der Waals surface area (Å²) in [5.41, 5.74) is 2.58. The van der Waals surface area contributed by atoms with Crippen LogP contribution in [0.2, 0.25) is 0 Å². The second-order valence-corrected chi connectivity index (χ2v) is 6.55. The van der Waals surface area contributed by atoms with E-state index in [0.29, 0.717) is 6.04 Å². The number of benzene rings is 1. The van der Waals surface area contributed by atoms with Crippen molar-refractivity contribution in [1.29, 1.82) is 0 Å². The average molecular weight is 304 g/mol. The molecule has 0 radical (unpaired) electrons.